The third-order valence-corrected chi connectivity index (χ3v) is 11.6. The van der Waals surface area contributed by atoms with Crippen molar-refractivity contribution in [1.29, 1.82) is 0 Å². The molecule has 0 radical (unpaired) electrons. The van der Waals surface area contributed by atoms with Crippen LogP contribution in [0.4, 0.5) is 17.1 Å². The van der Waals surface area contributed by atoms with Crippen molar-refractivity contribution in [3.8, 4) is 39.1 Å². The van der Waals surface area contributed by atoms with Crippen molar-refractivity contribution in [2.75, 3.05) is 4.90 Å². The van der Waals surface area contributed by atoms with Crippen LogP contribution in [0.15, 0.2) is 231 Å². The SMILES string of the molecule is c1ccc(-c2ccc(N(c3ccccc3)c3ccc4c5ccccc5n(-c5cccc(-c6cccc7ccccc67)c5-c5cccc6ccccc56)c4c3)cc2)cc1. The van der Waals surface area contributed by atoms with Crippen molar-refractivity contribution in [2.24, 2.45) is 0 Å². The number of rotatable bonds is 7. The average molecular weight is 739 g/mol. The predicted octanol–water partition coefficient (Wildman–Crippen LogP) is 15.6. The maximum atomic E-state index is 2.50. The topological polar surface area (TPSA) is 8.17 Å². The quantitative estimate of drug-likeness (QED) is 0.158. The molecule has 0 spiro atoms. The fourth-order valence-corrected chi connectivity index (χ4v) is 8.95. The van der Waals surface area contributed by atoms with E-state index in [0.29, 0.717) is 0 Å². The zero-order valence-electron chi connectivity index (χ0n) is 31.8. The van der Waals surface area contributed by atoms with Gasteiger partial charge in [0.25, 0.3) is 0 Å². The molecule has 2 nitrogen and oxygen atoms in total. The molecule has 0 fully saturated rings. The highest BCUT2D eigenvalue weighted by Crippen LogP contribution is 2.46. The van der Waals surface area contributed by atoms with E-state index in [2.05, 4.69) is 240 Å². The van der Waals surface area contributed by atoms with Gasteiger partial charge < -0.3 is 9.47 Å². The highest BCUT2D eigenvalue weighted by molar-refractivity contribution is 6.13. The lowest BCUT2D eigenvalue weighted by molar-refractivity contribution is 1.18. The first-order valence-corrected chi connectivity index (χ1v) is 19.9. The summed E-state index contributed by atoms with van der Waals surface area (Å²) in [5.41, 5.74) is 14.0. The Morgan fingerprint density at radius 2 is 0.793 bits per heavy atom. The van der Waals surface area contributed by atoms with Crippen LogP contribution in [0.5, 0.6) is 0 Å². The molecule has 0 bridgehead atoms. The van der Waals surface area contributed by atoms with Crippen LogP contribution in [-0.4, -0.2) is 4.57 Å². The van der Waals surface area contributed by atoms with Crippen LogP contribution in [0.25, 0.3) is 82.4 Å². The lowest BCUT2D eigenvalue weighted by Gasteiger charge is -2.26. The molecule has 11 rings (SSSR count). The number of aromatic nitrogens is 1. The van der Waals surface area contributed by atoms with E-state index in [0.717, 1.165) is 28.3 Å². The monoisotopic (exact) mass is 738 g/mol. The van der Waals surface area contributed by atoms with Crippen LogP contribution < -0.4 is 4.90 Å². The third kappa shape index (κ3) is 5.66. The van der Waals surface area contributed by atoms with E-state index in [4.69, 9.17) is 0 Å². The Labute approximate surface area is 338 Å². The summed E-state index contributed by atoms with van der Waals surface area (Å²) in [4.78, 5) is 2.37. The van der Waals surface area contributed by atoms with Gasteiger partial charge in [-0.1, -0.05) is 182 Å². The smallest absolute Gasteiger partial charge is 0.0562 e. The van der Waals surface area contributed by atoms with Crippen molar-refractivity contribution < 1.29 is 0 Å². The van der Waals surface area contributed by atoms with Crippen LogP contribution in [0.3, 0.4) is 0 Å². The second-order valence-electron chi connectivity index (χ2n) is 14.9. The second-order valence-corrected chi connectivity index (χ2v) is 14.9. The molecule has 11 aromatic rings. The molecule has 0 atom stereocenters. The van der Waals surface area contributed by atoms with Crippen LogP contribution in [-0.2, 0) is 0 Å². The Morgan fingerprint density at radius 1 is 0.293 bits per heavy atom. The minimum absolute atomic E-state index is 1.09. The van der Waals surface area contributed by atoms with Crippen LogP contribution >= 0.6 is 0 Å². The second kappa shape index (κ2) is 14.1. The van der Waals surface area contributed by atoms with Crippen LogP contribution in [0, 0.1) is 0 Å². The Hall–Kier alpha value is -7.68. The van der Waals surface area contributed by atoms with Crippen molar-refractivity contribution in [2.45, 2.75) is 0 Å². The fourth-order valence-electron chi connectivity index (χ4n) is 8.95. The maximum Gasteiger partial charge on any atom is 0.0562 e. The normalized spacial score (nSPS) is 11.4. The van der Waals surface area contributed by atoms with Crippen molar-refractivity contribution in [3.05, 3.63) is 231 Å². The van der Waals surface area contributed by atoms with E-state index in [9.17, 15) is 0 Å². The zero-order chi connectivity index (χ0) is 38.4. The molecule has 58 heavy (non-hydrogen) atoms. The number of benzene rings is 10. The summed E-state index contributed by atoms with van der Waals surface area (Å²) in [5.74, 6) is 0. The van der Waals surface area contributed by atoms with Crippen LogP contribution in [0.1, 0.15) is 0 Å². The standard InChI is InChI=1S/C56H38N2/c1-3-16-39(17-4-1)40-32-34-44(35-33-40)57(43-22-5-2-6-23-43)45-36-37-50-49-26-11-12-30-53(49)58(55(50)38-45)54-31-15-29-52(48-27-13-20-41-18-7-9-24-46(41)48)56(54)51-28-14-21-42-19-8-10-25-47(42)51/h1-38H. The summed E-state index contributed by atoms with van der Waals surface area (Å²) in [5, 5.41) is 7.36. The van der Waals surface area contributed by atoms with Gasteiger partial charge in [0.15, 0.2) is 0 Å². The minimum Gasteiger partial charge on any atom is -0.310 e. The maximum absolute atomic E-state index is 2.50. The van der Waals surface area contributed by atoms with E-state index >= 15 is 0 Å². The highest BCUT2D eigenvalue weighted by Gasteiger charge is 2.22. The van der Waals surface area contributed by atoms with Gasteiger partial charge in [0.1, 0.15) is 0 Å². The molecule has 0 N–H and O–H groups in total. The van der Waals surface area contributed by atoms with E-state index < -0.39 is 0 Å². The van der Waals surface area contributed by atoms with Gasteiger partial charge in [-0.05, 0) is 97.9 Å². The fraction of sp³-hybridized carbons (Fsp3) is 0. The first-order chi connectivity index (χ1) is 28.8. The predicted molar refractivity (Wildman–Crippen MR) is 247 cm³/mol. The van der Waals surface area contributed by atoms with Crippen molar-refractivity contribution in [1.82, 2.24) is 4.57 Å². The molecule has 10 aromatic carbocycles. The van der Waals surface area contributed by atoms with Gasteiger partial charge in [-0.2, -0.15) is 0 Å². The van der Waals surface area contributed by atoms with Gasteiger partial charge >= 0.3 is 0 Å². The number of hydrogen-bond acceptors (Lipinski definition) is 1. The lowest BCUT2D eigenvalue weighted by Crippen LogP contribution is -2.10. The molecule has 0 saturated carbocycles. The Kier molecular flexibility index (Phi) is 8.19. The Bertz CT molecular complexity index is 3260. The Balaban J connectivity index is 1.19. The average Bonchev–Trinajstić information content (AvgIpc) is 3.63. The summed E-state index contributed by atoms with van der Waals surface area (Å²) in [7, 11) is 0. The minimum atomic E-state index is 1.09. The van der Waals surface area contributed by atoms with E-state index in [-0.39, 0.29) is 0 Å². The van der Waals surface area contributed by atoms with E-state index in [1.807, 2.05) is 0 Å². The number of nitrogens with zero attached hydrogens (tertiary/aromatic N) is 2. The number of hydrogen-bond donors (Lipinski definition) is 0. The largest absolute Gasteiger partial charge is 0.310 e. The molecule has 0 saturated heterocycles. The number of anilines is 3. The molecule has 0 aliphatic rings. The van der Waals surface area contributed by atoms with Crippen LogP contribution in [0.2, 0.25) is 0 Å². The molecule has 2 heteroatoms. The van der Waals surface area contributed by atoms with Crippen molar-refractivity contribution >= 4 is 60.4 Å². The molecular formula is C56H38N2. The van der Waals surface area contributed by atoms with E-state index in [1.165, 1.54) is 71.2 Å². The molecule has 0 aliphatic heterocycles. The molecule has 272 valence electrons. The number of para-hydroxylation sites is 2. The Morgan fingerprint density at radius 3 is 1.53 bits per heavy atom. The van der Waals surface area contributed by atoms with Crippen molar-refractivity contribution in [3.63, 3.8) is 0 Å². The first kappa shape index (κ1) is 33.6. The van der Waals surface area contributed by atoms with Gasteiger partial charge in [0, 0.05) is 33.4 Å². The van der Waals surface area contributed by atoms with Gasteiger partial charge in [0.2, 0.25) is 0 Å². The first-order valence-electron chi connectivity index (χ1n) is 19.9. The summed E-state index contributed by atoms with van der Waals surface area (Å²) in [6.07, 6.45) is 0. The summed E-state index contributed by atoms with van der Waals surface area (Å²) in [6.45, 7) is 0. The molecule has 0 unspecified atom stereocenters. The lowest BCUT2D eigenvalue weighted by atomic mass is 9.88. The number of fused-ring (bicyclic) bond motifs is 5. The molecule has 0 amide bonds. The summed E-state index contributed by atoms with van der Waals surface area (Å²) >= 11 is 0. The van der Waals surface area contributed by atoms with Gasteiger partial charge in [-0.15, -0.1) is 0 Å². The van der Waals surface area contributed by atoms with Gasteiger partial charge in [-0.3, -0.25) is 0 Å². The summed E-state index contributed by atoms with van der Waals surface area (Å²) in [6, 6.07) is 83.8. The third-order valence-electron chi connectivity index (χ3n) is 11.6. The molecule has 1 heterocycles. The summed E-state index contributed by atoms with van der Waals surface area (Å²) < 4.78 is 2.50. The molecular weight excluding hydrogens is 701 g/mol. The molecule has 0 aliphatic carbocycles. The zero-order valence-corrected chi connectivity index (χ0v) is 31.8. The highest BCUT2D eigenvalue weighted by atomic mass is 15.1. The van der Waals surface area contributed by atoms with Gasteiger partial charge in [-0.25, -0.2) is 0 Å². The van der Waals surface area contributed by atoms with E-state index in [1.54, 1.807) is 0 Å². The molecule has 1 aromatic heterocycles. The van der Waals surface area contributed by atoms with Gasteiger partial charge in [0.05, 0.1) is 16.7 Å².